The fourth-order valence-corrected chi connectivity index (χ4v) is 4.81. The van der Waals surface area contributed by atoms with E-state index in [2.05, 4.69) is 26.3 Å². The van der Waals surface area contributed by atoms with Crippen molar-refractivity contribution in [3.05, 3.63) is 58.3 Å². The van der Waals surface area contributed by atoms with E-state index in [4.69, 9.17) is 9.47 Å². The van der Waals surface area contributed by atoms with Gasteiger partial charge in [0.2, 0.25) is 0 Å². The van der Waals surface area contributed by atoms with Crippen LogP contribution < -0.4 is 20.3 Å². The minimum Gasteiger partial charge on any atom is -0.495 e. The third kappa shape index (κ3) is 4.91. The molecule has 5 heterocycles. The molecule has 5 rings (SSSR count). The van der Waals surface area contributed by atoms with E-state index >= 15 is 0 Å². The number of fused-ring (bicyclic) bond motifs is 2. The van der Waals surface area contributed by atoms with Crippen LogP contribution in [0.25, 0.3) is 11.0 Å². The molecular weight excluding hydrogens is 434 g/mol. The van der Waals surface area contributed by atoms with Crippen molar-refractivity contribution in [2.24, 2.45) is 0 Å². The zero-order chi connectivity index (χ0) is 23.5. The molecule has 3 aromatic heterocycles. The van der Waals surface area contributed by atoms with Crippen LogP contribution in [0.3, 0.4) is 0 Å². The Morgan fingerprint density at radius 1 is 1.24 bits per heavy atom. The highest BCUT2D eigenvalue weighted by Gasteiger charge is 2.27. The number of aryl methyl sites for hydroxylation is 1. The van der Waals surface area contributed by atoms with E-state index in [-0.39, 0.29) is 11.6 Å². The number of hydrogen-bond donors (Lipinski definition) is 2. The van der Waals surface area contributed by atoms with Gasteiger partial charge in [0.25, 0.3) is 5.56 Å². The van der Waals surface area contributed by atoms with E-state index in [1.807, 2.05) is 12.3 Å². The zero-order valence-electron chi connectivity index (χ0n) is 19.4. The number of aliphatic hydroxyl groups is 1. The Morgan fingerprint density at radius 2 is 2.15 bits per heavy atom. The van der Waals surface area contributed by atoms with E-state index in [1.165, 1.54) is 5.56 Å². The Balaban J connectivity index is 1.17. The molecule has 1 fully saturated rings. The third-order valence-corrected chi connectivity index (χ3v) is 6.75. The predicted molar refractivity (Wildman–Crippen MR) is 128 cm³/mol. The van der Waals surface area contributed by atoms with E-state index in [9.17, 15) is 9.90 Å². The number of piperidine rings is 1. The van der Waals surface area contributed by atoms with Crippen molar-refractivity contribution in [3.8, 4) is 11.5 Å². The lowest BCUT2D eigenvalue weighted by molar-refractivity contribution is 0.0384. The van der Waals surface area contributed by atoms with Gasteiger partial charge >= 0.3 is 0 Å². The van der Waals surface area contributed by atoms with Crippen molar-refractivity contribution in [1.82, 2.24) is 24.8 Å². The summed E-state index contributed by atoms with van der Waals surface area (Å²) in [4.78, 5) is 23.6. The number of nitrogens with one attached hydrogen (secondary N) is 1. The number of aromatic nitrogens is 3. The molecular formula is C25H31N5O4. The number of likely N-dealkylation sites (tertiary alicyclic amines) is 1. The largest absolute Gasteiger partial charge is 0.495 e. The lowest BCUT2D eigenvalue weighted by Crippen LogP contribution is -2.53. The van der Waals surface area contributed by atoms with Crippen LogP contribution in [0.4, 0.5) is 0 Å². The van der Waals surface area contributed by atoms with Crippen molar-refractivity contribution in [2.45, 2.75) is 44.5 Å². The molecule has 1 saturated heterocycles. The molecule has 2 aliphatic heterocycles. The van der Waals surface area contributed by atoms with Gasteiger partial charge in [-0.25, -0.2) is 0 Å². The first-order chi connectivity index (χ1) is 16.6. The molecule has 0 bridgehead atoms. The van der Waals surface area contributed by atoms with Crippen LogP contribution in [-0.4, -0.2) is 70.0 Å². The van der Waals surface area contributed by atoms with Gasteiger partial charge in [-0.3, -0.25) is 19.7 Å². The number of aliphatic hydroxyl groups excluding tert-OH is 1. The summed E-state index contributed by atoms with van der Waals surface area (Å²) in [7, 11) is 1.59. The molecule has 0 saturated carbocycles. The number of rotatable bonds is 7. The highest BCUT2D eigenvalue weighted by Crippen LogP contribution is 2.24. The van der Waals surface area contributed by atoms with Crippen LogP contribution in [0.2, 0.25) is 0 Å². The minimum atomic E-state index is -0.485. The third-order valence-electron chi connectivity index (χ3n) is 6.75. The summed E-state index contributed by atoms with van der Waals surface area (Å²) in [6, 6.07) is 7.25. The first kappa shape index (κ1) is 22.8. The standard InChI is InChI=1S/C25H31N5O4/c1-33-19-12-22-20(28-14-19)4-5-25(32)30(22)9-8-29-7-6-21(23(31)16-29)27-13-18-11-17-3-2-10-34-24(17)15-26-18/h4-5,11-12,14-15,21,23,27,31H,2-3,6-10,13,16H2,1H3/t21-,23+/m0/s1. The van der Waals surface area contributed by atoms with Crippen LogP contribution in [0.15, 0.2) is 41.5 Å². The Bertz CT molecular complexity index is 1210. The lowest BCUT2D eigenvalue weighted by Gasteiger charge is -2.36. The van der Waals surface area contributed by atoms with Gasteiger partial charge in [0, 0.05) is 44.4 Å². The Hall–Kier alpha value is -3.01. The van der Waals surface area contributed by atoms with Crippen molar-refractivity contribution < 1.29 is 14.6 Å². The van der Waals surface area contributed by atoms with Crippen molar-refractivity contribution in [2.75, 3.05) is 33.4 Å². The van der Waals surface area contributed by atoms with Gasteiger partial charge in [-0.1, -0.05) is 0 Å². The second-order valence-electron chi connectivity index (χ2n) is 8.98. The molecule has 34 heavy (non-hydrogen) atoms. The minimum absolute atomic E-state index is 0.0130. The van der Waals surface area contributed by atoms with Gasteiger partial charge in [0.1, 0.15) is 11.5 Å². The van der Waals surface area contributed by atoms with Crippen molar-refractivity contribution >= 4 is 11.0 Å². The maximum atomic E-state index is 12.5. The van der Waals surface area contributed by atoms with Gasteiger partial charge in [-0.05, 0) is 43.5 Å². The molecule has 180 valence electrons. The average molecular weight is 466 g/mol. The topological polar surface area (TPSA) is 102 Å². The van der Waals surface area contributed by atoms with Crippen molar-refractivity contribution in [3.63, 3.8) is 0 Å². The Labute approximate surface area is 198 Å². The summed E-state index contributed by atoms with van der Waals surface area (Å²) >= 11 is 0. The molecule has 0 aliphatic carbocycles. The second-order valence-corrected chi connectivity index (χ2v) is 8.98. The quantitative estimate of drug-likeness (QED) is 0.539. The van der Waals surface area contributed by atoms with Gasteiger partial charge in [-0.15, -0.1) is 0 Å². The Morgan fingerprint density at radius 3 is 3.00 bits per heavy atom. The molecule has 2 aliphatic rings. The van der Waals surface area contributed by atoms with Gasteiger partial charge in [0.05, 0.1) is 48.9 Å². The normalized spacial score (nSPS) is 20.6. The maximum absolute atomic E-state index is 12.5. The van der Waals surface area contributed by atoms with Gasteiger partial charge in [-0.2, -0.15) is 0 Å². The SMILES string of the molecule is COc1cnc2ccc(=O)n(CCN3CC[C@H](NCc4cc5c(cn4)OCCC5)[C@H](O)C3)c2c1. The molecule has 9 heteroatoms. The number of hydrogen-bond acceptors (Lipinski definition) is 8. The fraction of sp³-hybridized carbons (Fsp3) is 0.480. The molecule has 3 aromatic rings. The molecule has 2 atom stereocenters. The maximum Gasteiger partial charge on any atom is 0.251 e. The summed E-state index contributed by atoms with van der Waals surface area (Å²) < 4.78 is 12.6. The first-order valence-electron chi connectivity index (χ1n) is 11.9. The monoisotopic (exact) mass is 465 g/mol. The predicted octanol–water partition coefficient (Wildman–Crippen LogP) is 1.35. The molecule has 0 radical (unpaired) electrons. The first-order valence-corrected chi connectivity index (χ1v) is 11.9. The number of ether oxygens (including phenoxy) is 2. The zero-order valence-corrected chi connectivity index (χ0v) is 19.4. The van der Waals surface area contributed by atoms with Crippen LogP contribution in [0.5, 0.6) is 11.5 Å². The van der Waals surface area contributed by atoms with Crippen LogP contribution >= 0.6 is 0 Å². The summed E-state index contributed by atoms with van der Waals surface area (Å²) in [5.41, 5.74) is 3.63. The lowest BCUT2D eigenvalue weighted by atomic mass is 10.0. The Kier molecular flexibility index (Phi) is 6.75. The van der Waals surface area contributed by atoms with Gasteiger partial charge < -0.3 is 24.5 Å². The number of β-amino-alcohol motifs (C(OH)–C–C–N with tert-alkyl or cyclic N) is 1. The van der Waals surface area contributed by atoms with Crippen LogP contribution in [0, 0.1) is 0 Å². The second kappa shape index (κ2) is 10.1. The summed E-state index contributed by atoms with van der Waals surface area (Å²) in [5, 5.41) is 14.2. The van der Waals surface area contributed by atoms with Gasteiger partial charge in [0.15, 0.2) is 0 Å². The van der Waals surface area contributed by atoms with E-state index in [0.29, 0.717) is 31.9 Å². The van der Waals surface area contributed by atoms with E-state index in [1.54, 1.807) is 30.0 Å². The number of pyridine rings is 3. The number of methoxy groups -OCH3 is 1. The van der Waals surface area contributed by atoms with E-state index in [0.717, 1.165) is 54.9 Å². The molecule has 0 spiro atoms. The smallest absolute Gasteiger partial charge is 0.251 e. The van der Waals surface area contributed by atoms with Crippen molar-refractivity contribution in [1.29, 1.82) is 0 Å². The summed E-state index contributed by atoms with van der Waals surface area (Å²) in [5.74, 6) is 1.51. The molecule has 0 aromatic carbocycles. The average Bonchev–Trinajstić information content (AvgIpc) is 2.87. The van der Waals surface area contributed by atoms with Crippen LogP contribution in [0.1, 0.15) is 24.1 Å². The highest BCUT2D eigenvalue weighted by atomic mass is 16.5. The molecule has 0 unspecified atom stereocenters. The summed E-state index contributed by atoms with van der Waals surface area (Å²) in [6.45, 7) is 3.99. The highest BCUT2D eigenvalue weighted by molar-refractivity contribution is 5.75. The fourth-order valence-electron chi connectivity index (χ4n) is 4.81. The molecule has 0 amide bonds. The summed E-state index contributed by atoms with van der Waals surface area (Å²) in [6.07, 6.45) is 5.86. The number of nitrogens with zero attached hydrogens (tertiary/aromatic N) is 4. The molecule has 2 N–H and O–H groups in total. The molecule has 9 nitrogen and oxygen atoms in total. The van der Waals surface area contributed by atoms with E-state index < -0.39 is 6.10 Å². The van der Waals surface area contributed by atoms with Crippen LogP contribution in [-0.2, 0) is 19.5 Å².